The highest BCUT2D eigenvalue weighted by Gasteiger charge is 2.36. The van der Waals surface area contributed by atoms with Crippen LogP contribution >= 0.6 is 0 Å². The summed E-state index contributed by atoms with van der Waals surface area (Å²) in [6.07, 6.45) is 2.78. The van der Waals surface area contributed by atoms with E-state index in [0.717, 1.165) is 12.8 Å². The first kappa shape index (κ1) is 28.5. The van der Waals surface area contributed by atoms with Crippen molar-refractivity contribution in [3.63, 3.8) is 0 Å². The molecule has 13 heteroatoms. The predicted octanol–water partition coefficient (Wildman–Crippen LogP) is 9.01. The first-order chi connectivity index (χ1) is 17.4. The van der Waals surface area contributed by atoms with E-state index < -0.39 is 98.5 Å². The van der Waals surface area contributed by atoms with E-state index in [1.54, 1.807) is 0 Å². The normalized spacial score (nSPS) is 11.6. The van der Waals surface area contributed by atoms with Crippen LogP contribution in [-0.2, 0) is 0 Å². The zero-order valence-electron chi connectivity index (χ0n) is 18.9. The summed E-state index contributed by atoms with van der Waals surface area (Å²) in [7, 11) is 0. The summed E-state index contributed by atoms with van der Waals surface area (Å²) in [6.45, 7) is 0.998. The molecule has 0 saturated heterocycles. The van der Waals surface area contributed by atoms with Gasteiger partial charge >= 0.3 is 0 Å². The summed E-state index contributed by atoms with van der Waals surface area (Å²) in [5.41, 5.74) is -3.81. The molecule has 37 heavy (non-hydrogen) atoms. The molecule has 202 valence electrons. The van der Waals surface area contributed by atoms with Crippen molar-refractivity contribution in [1.82, 2.24) is 0 Å². The monoisotopic (exact) mass is 547 g/mol. The van der Waals surface area contributed by atoms with Gasteiger partial charge in [-0.2, -0.15) is 0 Å². The highest BCUT2D eigenvalue weighted by Crippen LogP contribution is 2.42. The highest BCUT2D eigenvalue weighted by atomic mass is 19.2. The van der Waals surface area contributed by atoms with Crippen molar-refractivity contribution < 1.29 is 52.7 Å². The first-order valence-corrected chi connectivity index (χ1v) is 11.0. The van der Waals surface area contributed by atoms with Crippen molar-refractivity contribution in [2.45, 2.75) is 45.4 Å². The van der Waals surface area contributed by atoms with Crippen molar-refractivity contribution in [1.29, 1.82) is 0 Å². The molecule has 3 aromatic carbocycles. The Morgan fingerprint density at radius 2 is 0.703 bits per heavy atom. The molecule has 0 aliphatic carbocycles. The summed E-state index contributed by atoms with van der Waals surface area (Å²) >= 11 is 0. The number of hydrogen-bond acceptors (Lipinski definition) is 1. The molecule has 0 heterocycles. The predicted molar refractivity (Wildman–Crippen MR) is 110 cm³/mol. The van der Waals surface area contributed by atoms with E-state index in [-0.39, 0.29) is 17.7 Å². The molecule has 0 aliphatic rings. The number of hydrogen-bond donors (Lipinski definition) is 0. The van der Waals surface area contributed by atoms with Gasteiger partial charge < -0.3 is 4.90 Å². The summed E-state index contributed by atoms with van der Waals surface area (Å²) in [5, 5.41) is -3.96. The third kappa shape index (κ3) is 4.79. The second-order valence-electron chi connectivity index (χ2n) is 8.13. The second-order valence-corrected chi connectivity index (χ2v) is 8.13. The molecule has 0 amide bonds. The van der Waals surface area contributed by atoms with Crippen molar-refractivity contribution in [2.24, 2.45) is 0 Å². The maximum absolute atomic E-state index is 15.4. The van der Waals surface area contributed by atoms with Crippen LogP contribution in [0, 0.1) is 69.8 Å². The zero-order chi connectivity index (χ0) is 27.8. The fourth-order valence-corrected chi connectivity index (χ4v) is 3.93. The lowest BCUT2D eigenvalue weighted by atomic mass is 10.0. The van der Waals surface area contributed by atoms with E-state index in [9.17, 15) is 43.9 Å². The van der Waals surface area contributed by atoms with Gasteiger partial charge in [-0.05, 0) is 6.42 Å². The third-order valence-electron chi connectivity index (χ3n) is 5.78. The smallest absolute Gasteiger partial charge is 0.200 e. The number of fused-ring (bicyclic) bond motifs is 1. The molecule has 3 aromatic rings. The van der Waals surface area contributed by atoms with E-state index >= 15 is 8.78 Å². The van der Waals surface area contributed by atoms with Crippen LogP contribution < -0.4 is 4.90 Å². The van der Waals surface area contributed by atoms with Crippen LogP contribution in [0.15, 0.2) is 0 Å². The van der Waals surface area contributed by atoms with Crippen molar-refractivity contribution in [2.75, 3.05) is 11.4 Å². The number of halogens is 12. The molecular formula is C24H17F12N. The molecule has 0 unspecified atom stereocenters. The molecule has 0 spiro atoms. The van der Waals surface area contributed by atoms with Gasteiger partial charge in [-0.25, -0.2) is 52.7 Å². The van der Waals surface area contributed by atoms with Gasteiger partial charge in [0.1, 0.15) is 11.4 Å². The summed E-state index contributed by atoms with van der Waals surface area (Å²) in [4.78, 5) is -0.165. The van der Waals surface area contributed by atoms with Crippen LogP contribution in [-0.4, -0.2) is 6.54 Å². The molecule has 3 rings (SSSR count). The Balaban J connectivity index is 2.33. The van der Waals surface area contributed by atoms with Crippen LogP contribution in [0.1, 0.15) is 45.4 Å². The minimum Gasteiger partial charge on any atom is -0.332 e. The SMILES string of the molecule is CCCCCCCCN(c1c(F)c(F)c(F)c(F)c1F)c1c(F)c(F)c2c(F)c(F)c(F)c(F)c2c1F. The first-order valence-electron chi connectivity index (χ1n) is 11.0. The van der Waals surface area contributed by atoms with Crippen LogP contribution in [0.25, 0.3) is 10.8 Å². The number of unbranched alkanes of at least 4 members (excludes halogenated alkanes) is 5. The Hall–Kier alpha value is -3.12. The van der Waals surface area contributed by atoms with Gasteiger partial charge in [0, 0.05) is 6.54 Å². The topological polar surface area (TPSA) is 3.24 Å². The largest absolute Gasteiger partial charge is 0.332 e. The number of anilines is 2. The van der Waals surface area contributed by atoms with E-state index in [2.05, 4.69) is 0 Å². The molecule has 0 aliphatic heterocycles. The van der Waals surface area contributed by atoms with Crippen molar-refractivity contribution >= 4 is 22.1 Å². The fraction of sp³-hybridized carbons (Fsp3) is 0.333. The van der Waals surface area contributed by atoms with E-state index in [4.69, 9.17) is 0 Å². The maximum Gasteiger partial charge on any atom is 0.200 e. The lowest BCUT2D eigenvalue weighted by molar-refractivity contribution is 0.378. The molecule has 0 fully saturated rings. The Bertz CT molecular complexity index is 1330. The molecule has 0 N–H and O–H groups in total. The highest BCUT2D eigenvalue weighted by molar-refractivity contribution is 5.90. The van der Waals surface area contributed by atoms with E-state index in [0.29, 0.717) is 12.8 Å². The molecule has 0 radical (unpaired) electrons. The molecule has 1 nitrogen and oxygen atoms in total. The minimum absolute atomic E-state index is 0.165. The minimum atomic E-state index is -2.61. The number of rotatable bonds is 9. The van der Waals surface area contributed by atoms with Crippen molar-refractivity contribution in [3.8, 4) is 0 Å². The Morgan fingerprint density at radius 1 is 0.378 bits per heavy atom. The van der Waals surface area contributed by atoms with Crippen LogP contribution in [0.2, 0.25) is 0 Å². The molecule has 0 saturated carbocycles. The number of benzene rings is 3. The van der Waals surface area contributed by atoms with Crippen molar-refractivity contribution in [3.05, 3.63) is 69.8 Å². The van der Waals surface area contributed by atoms with E-state index in [1.807, 2.05) is 6.92 Å². The fourth-order valence-electron chi connectivity index (χ4n) is 3.93. The van der Waals surface area contributed by atoms with Gasteiger partial charge in [0.2, 0.25) is 5.82 Å². The van der Waals surface area contributed by atoms with E-state index in [1.165, 1.54) is 0 Å². The summed E-state index contributed by atoms with van der Waals surface area (Å²) < 4.78 is 172. The maximum atomic E-state index is 15.4. The van der Waals surface area contributed by atoms with Crippen LogP contribution in [0.5, 0.6) is 0 Å². The average molecular weight is 547 g/mol. The van der Waals surface area contributed by atoms with Crippen LogP contribution in [0.4, 0.5) is 64.1 Å². The van der Waals surface area contributed by atoms with Gasteiger partial charge in [-0.15, -0.1) is 0 Å². The van der Waals surface area contributed by atoms with Crippen LogP contribution in [0.3, 0.4) is 0 Å². The third-order valence-corrected chi connectivity index (χ3v) is 5.78. The molecule has 0 aromatic heterocycles. The lowest BCUT2D eigenvalue weighted by Gasteiger charge is -2.28. The van der Waals surface area contributed by atoms with Gasteiger partial charge in [0.05, 0.1) is 10.8 Å². The Morgan fingerprint density at radius 3 is 1.22 bits per heavy atom. The lowest BCUT2D eigenvalue weighted by Crippen LogP contribution is -2.26. The van der Waals surface area contributed by atoms with Gasteiger partial charge in [-0.3, -0.25) is 0 Å². The molecular weight excluding hydrogens is 530 g/mol. The summed E-state index contributed by atoms with van der Waals surface area (Å²) in [6, 6.07) is 0. The van der Waals surface area contributed by atoms with Gasteiger partial charge in [0.15, 0.2) is 64.0 Å². The summed E-state index contributed by atoms with van der Waals surface area (Å²) in [5.74, 6) is -30.3. The Labute approximate surface area is 202 Å². The quantitative estimate of drug-likeness (QED) is 0.112. The molecule has 0 atom stereocenters. The zero-order valence-corrected chi connectivity index (χ0v) is 18.9. The second kappa shape index (κ2) is 11.1. The average Bonchev–Trinajstić information content (AvgIpc) is 2.87. The van der Waals surface area contributed by atoms with Gasteiger partial charge in [0.25, 0.3) is 0 Å². The van der Waals surface area contributed by atoms with Gasteiger partial charge in [-0.1, -0.05) is 39.0 Å². The number of nitrogens with zero attached hydrogens (tertiary/aromatic N) is 1. The molecule has 0 bridgehead atoms. The standard InChI is InChI=1S/C24H17F12N/c1-2-3-4-5-6-7-8-37(24-21(35)18(32)17(31)19(33)22(24)36)23-14(28)10-9(13(27)20(23)34)11(25)15(29)16(30)12(10)26/h2-8H2,1H3. The Kier molecular flexibility index (Phi) is 8.53.